The van der Waals surface area contributed by atoms with Crippen molar-refractivity contribution in [2.75, 3.05) is 7.11 Å². The monoisotopic (exact) mass is 262 g/mol. The zero-order chi connectivity index (χ0) is 13.7. The van der Waals surface area contributed by atoms with Gasteiger partial charge in [0.05, 0.1) is 7.11 Å². The molecule has 1 aromatic heterocycles. The van der Waals surface area contributed by atoms with Crippen LogP contribution >= 0.6 is 0 Å². The summed E-state index contributed by atoms with van der Waals surface area (Å²) in [5.41, 5.74) is 0.474. The standard InChI is InChI=1S/C14H14O5/c1-17-12-9-18-11(7-15)14(13(12)16)19-8-10-5-3-2-4-6-10/h2-6,9,15H,7-8H2,1H3. The van der Waals surface area contributed by atoms with Crippen molar-refractivity contribution in [2.45, 2.75) is 13.2 Å². The van der Waals surface area contributed by atoms with Crippen LogP contribution in [0, 0.1) is 0 Å². The van der Waals surface area contributed by atoms with Crippen molar-refractivity contribution in [1.29, 1.82) is 0 Å². The van der Waals surface area contributed by atoms with Crippen LogP contribution in [-0.2, 0) is 13.2 Å². The molecular formula is C14H14O5. The Morgan fingerprint density at radius 1 is 1.26 bits per heavy atom. The molecule has 0 saturated heterocycles. The molecule has 0 atom stereocenters. The highest BCUT2D eigenvalue weighted by Gasteiger charge is 2.15. The average Bonchev–Trinajstić information content (AvgIpc) is 2.46. The fourth-order valence-electron chi connectivity index (χ4n) is 1.60. The van der Waals surface area contributed by atoms with Gasteiger partial charge in [0, 0.05) is 0 Å². The first-order valence-electron chi connectivity index (χ1n) is 5.72. The summed E-state index contributed by atoms with van der Waals surface area (Å²) >= 11 is 0. The zero-order valence-electron chi connectivity index (χ0n) is 10.5. The van der Waals surface area contributed by atoms with Crippen LogP contribution in [0.15, 0.2) is 45.8 Å². The smallest absolute Gasteiger partial charge is 0.268 e. The lowest BCUT2D eigenvalue weighted by molar-refractivity contribution is 0.213. The third-order valence-corrected chi connectivity index (χ3v) is 2.58. The Hall–Kier alpha value is -2.27. The van der Waals surface area contributed by atoms with Crippen LogP contribution in [0.5, 0.6) is 11.5 Å². The summed E-state index contributed by atoms with van der Waals surface area (Å²) in [7, 11) is 1.37. The van der Waals surface area contributed by atoms with Crippen LogP contribution in [0.2, 0.25) is 0 Å². The maximum atomic E-state index is 12.0. The van der Waals surface area contributed by atoms with E-state index >= 15 is 0 Å². The molecule has 1 heterocycles. The molecule has 100 valence electrons. The number of ether oxygens (including phenoxy) is 2. The van der Waals surface area contributed by atoms with E-state index in [1.54, 1.807) is 0 Å². The summed E-state index contributed by atoms with van der Waals surface area (Å²) in [5.74, 6) is 0.104. The largest absolute Gasteiger partial charge is 0.490 e. The zero-order valence-corrected chi connectivity index (χ0v) is 10.5. The van der Waals surface area contributed by atoms with Gasteiger partial charge in [-0.05, 0) is 5.56 Å². The van der Waals surface area contributed by atoms with E-state index in [0.29, 0.717) is 0 Å². The van der Waals surface area contributed by atoms with E-state index in [2.05, 4.69) is 0 Å². The normalized spacial score (nSPS) is 10.2. The fraction of sp³-hybridized carbons (Fsp3) is 0.214. The fourth-order valence-corrected chi connectivity index (χ4v) is 1.60. The molecule has 0 bridgehead atoms. The quantitative estimate of drug-likeness (QED) is 0.888. The molecule has 0 radical (unpaired) electrons. The van der Waals surface area contributed by atoms with Crippen molar-refractivity contribution in [2.24, 2.45) is 0 Å². The SMILES string of the molecule is COc1coc(CO)c(OCc2ccccc2)c1=O. The van der Waals surface area contributed by atoms with E-state index < -0.39 is 12.0 Å². The molecule has 2 rings (SSSR count). The second-order valence-electron chi connectivity index (χ2n) is 3.82. The van der Waals surface area contributed by atoms with E-state index in [1.165, 1.54) is 7.11 Å². The van der Waals surface area contributed by atoms with Gasteiger partial charge in [0.15, 0.2) is 5.76 Å². The van der Waals surface area contributed by atoms with E-state index in [4.69, 9.17) is 19.0 Å². The van der Waals surface area contributed by atoms with Crippen LogP contribution in [0.3, 0.4) is 0 Å². The molecule has 2 aromatic rings. The van der Waals surface area contributed by atoms with Crippen molar-refractivity contribution in [3.8, 4) is 11.5 Å². The Morgan fingerprint density at radius 3 is 2.63 bits per heavy atom. The molecule has 1 aromatic carbocycles. The van der Waals surface area contributed by atoms with Gasteiger partial charge in [-0.3, -0.25) is 4.79 Å². The molecule has 0 aliphatic carbocycles. The third-order valence-electron chi connectivity index (χ3n) is 2.58. The van der Waals surface area contributed by atoms with Crippen LogP contribution in [-0.4, -0.2) is 12.2 Å². The first-order chi connectivity index (χ1) is 9.26. The highest BCUT2D eigenvalue weighted by Crippen LogP contribution is 2.19. The number of aliphatic hydroxyl groups is 1. The first kappa shape index (κ1) is 13.2. The maximum absolute atomic E-state index is 12.0. The molecule has 0 spiro atoms. The first-order valence-corrected chi connectivity index (χ1v) is 5.72. The summed E-state index contributed by atoms with van der Waals surface area (Å²) < 4.78 is 15.4. The topological polar surface area (TPSA) is 68.9 Å². The Morgan fingerprint density at radius 2 is 2.00 bits per heavy atom. The molecule has 1 N–H and O–H groups in total. The Labute approximate surface area is 110 Å². The molecule has 0 aliphatic heterocycles. The molecular weight excluding hydrogens is 248 g/mol. The van der Waals surface area contributed by atoms with Crippen LogP contribution in [0.1, 0.15) is 11.3 Å². The van der Waals surface area contributed by atoms with Gasteiger partial charge >= 0.3 is 0 Å². The lowest BCUT2D eigenvalue weighted by atomic mass is 10.2. The number of hydrogen-bond donors (Lipinski definition) is 1. The highest BCUT2D eigenvalue weighted by molar-refractivity contribution is 5.32. The van der Waals surface area contributed by atoms with E-state index in [9.17, 15) is 4.79 Å². The van der Waals surface area contributed by atoms with Crippen LogP contribution in [0.25, 0.3) is 0 Å². The van der Waals surface area contributed by atoms with Crippen molar-refractivity contribution >= 4 is 0 Å². The molecule has 0 aliphatic rings. The number of aliphatic hydroxyl groups excluding tert-OH is 1. The Bertz CT molecular complexity index is 589. The van der Waals surface area contributed by atoms with Gasteiger partial charge in [0.25, 0.3) is 5.43 Å². The Kier molecular flexibility index (Phi) is 4.20. The van der Waals surface area contributed by atoms with Gasteiger partial charge in [0.1, 0.15) is 19.5 Å². The molecule has 5 heteroatoms. The van der Waals surface area contributed by atoms with E-state index in [1.807, 2.05) is 30.3 Å². The third kappa shape index (κ3) is 2.95. The summed E-state index contributed by atoms with van der Waals surface area (Å²) in [4.78, 5) is 12.0. The predicted molar refractivity (Wildman–Crippen MR) is 68.2 cm³/mol. The lowest BCUT2D eigenvalue weighted by Crippen LogP contribution is -2.12. The molecule has 0 unspecified atom stereocenters. The number of methoxy groups -OCH3 is 1. The predicted octanol–water partition coefficient (Wildman–Crippen LogP) is 1.72. The number of hydrogen-bond acceptors (Lipinski definition) is 5. The molecule has 0 amide bonds. The van der Waals surface area contributed by atoms with Gasteiger partial charge in [0.2, 0.25) is 11.5 Å². The molecule has 0 fully saturated rings. The Balaban J connectivity index is 2.26. The van der Waals surface area contributed by atoms with Gasteiger partial charge in [-0.1, -0.05) is 30.3 Å². The van der Waals surface area contributed by atoms with Crippen LogP contribution < -0.4 is 14.9 Å². The summed E-state index contributed by atoms with van der Waals surface area (Å²) in [6, 6.07) is 9.39. The van der Waals surface area contributed by atoms with Gasteiger partial charge in [-0.15, -0.1) is 0 Å². The lowest BCUT2D eigenvalue weighted by Gasteiger charge is -2.09. The second-order valence-corrected chi connectivity index (χ2v) is 3.82. The summed E-state index contributed by atoms with van der Waals surface area (Å²) in [6.45, 7) is -0.199. The van der Waals surface area contributed by atoms with Crippen LogP contribution in [0.4, 0.5) is 0 Å². The van der Waals surface area contributed by atoms with Gasteiger partial charge in [-0.25, -0.2) is 0 Å². The summed E-state index contributed by atoms with van der Waals surface area (Å²) in [5, 5.41) is 9.15. The van der Waals surface area contributed by atoms with Crippen molar-refractivity contribution < 1.29 is 19.0 Å². The van der Waals surface area contributed by atoms with E-state index in [0.717, 1.165) is 11.8 Å². The molecule has 5 nitrogen and oxygen atoms in total. The minimum Gasteiger partial charge on any atom is -0.490 e. The average molecular weight is 262 g/mol. The number of rotatable bonds is 5. The molecule has 19 heavy (non-hydrogen) atoms. The maximum Gasteiger partial charge on any atom is 0.268 e. The van der Waals surface area contributed by atoms with Gasteiger partial charge < -0.3 is 19.0 Å². The molecule has 0 saturated carbocycles. The van der Waals surface area contributed by atoms with E-state index in [-0.39, 0.29) is 23.9 Å². The summed E-state index contributed by atoms with van der Waals surface area (Å²) in [6.07, 6.45) is 1.16. The highest BCUT2D eigenvalue weighted by atomic mass is 16.5. The second kappa shape index (κ2) is 6.06. The van der Waals surface area contributed by atoms with Gasteiger partial charge in [-0.2, -0.15) is 0 Å². The van der Waals surface area contributed by atoms with Crippen molar-refractivity contribution in [1.82, 2.24) is 0 Å². The van der Waals surface area contributed by atoms with Crippen molar-refractivity contribution in [3.05, 3.63) is 58.1 Å². The minimum absolute atomic E-state index is 0.0225. The number of benzene rings is 1. The van der Waals surface area contributed by atoms with Crippen molar-refractivity contribution in [3.63, 3.8) is 0 Å². The minimum atomic E-state index is -0.436.